The largest absolute Gasteiger partial charge is 0.393 e. The molecule has 0 radical (unpaired) electrons. The highest BCUT2D eigenvalue weighted by atomic mass is 16.6. The second-order valence-electron chi connectivity index (χ2n) is 2.10. The van der Waals surface area contributed by atoms with Crippen LogP contribution >= 0.6 is 0 Å². The molecule has 66 valence electrons. The van der Waals surface area contributed by atoms with Gasteiger partial charge in [-0.2, -0.15) is 0 Å². The molecular formula is C7H10N2O3. The van der Waals surface area contributed by atoms with E-state index in [-0.39, 0.29) is 17.8 Å². The van der Waals surface area contributed by atoms with E-state index in [1.807, 2.05) is 0 Å². The highest BCUT2D eigenvalue weighted by Crippen LogP contribution is 1.99. The third-order valence-corrected chi connectivity index (χ3v) is 1.22. The monoisotopic (exact) mass is 170 g/mol. The molecule has 0 spiro atoms. The average Bonchev–Trinajstić information content (AvgIpc) is 2.03. The first kappa shape index (κ1) is 10.3. The van der Waals surface area contributed by atoms with Crippen molar-refractivity contribution in [3.63, 3.8) is 0 Å². The number of allylic oxidation sites excluding steroid dienone is 3. The van der Waals surface area contributed by atoms with Crippen LogP contribution in [0.4, 0.5) is 0 Å². The topological polar surface area (TPSA) is 86.2 Å². The van der Waals surface area contributed by atoms with Gasteiger partial charge in [-0.15, -0.1) is 0 Å². The van der Waals surface area contributed by atoms with E-state index in [2.05, 4.69) is 0 Å². The van der Waals surface area contributed by atoms with Crippen LogP contribution in [0.2, 0.25) is 0 Å². The molecule has 12 heavy (non-hydrogen) atoms. The number of rotatable bonds is 4. The Morgan fingerprint density at radius 1 is 1.67 bits per heavy atom. The summed E-state index contributed by atoms with van der Waals surface area (Å²) in [5, 5.41) is 10.1. The summed E-state index contributed by atoms with van der Waals surface area (Å²) in [6.07, 6.45) is 3.72. The molecule has 0 amide bonds. The molecule has 0 heterocycles. The summed E-state index contributed by atoms with van der Waals surface area (Å²) in [5.41, 5.74) is 5.25. The lowest BCUT2D eigenvalue weighted by Crippen LogP contribution is -2.04. The molecule has 0 aromatic carbocycles. The predicted octanol–water partition coefficient (Wildman–Crippen LogP) is 0.599. The van der Waals surface area contributed by atoms with Crippen molar-refractivity contribution < 1.29 is 9.72 Å². The van der Waals surface area contributed by atoms with Crippen molar-refractivity contribution in [3.8, 4) is 0 Å². The van der Waals surface area contributed by atoms with E-state index in [0.717, 1.165) is 0 Å². The summed E-state index contributed by atoms with van der Waals surface area (Å²) in [6.45, 7) is 1.31. The van der Waals surface area contributed by atoms with Gasteiger partial charge in [0.15, 0.2) is 0 Å². The maximum Gasteiger partial charge on any atom is 0.265 e. The van der Waals surface area contributed by atoms with Crippen LogP contribution in [-0.4, -0.2) is 11.2 Å². The Bertz CT molecular complexity index is 243. The van der Waals surface area contributed by atoms with E-state index in [4.69, 9.17) is 5.73 Å². The molecule has 0 aromatic heterocycles. The second-order valence-corrected chi connectivity index (χ2v) is 2.10. The quantitative estimate of drug-likeness (QED) is 0.289. The van der Waals surface area contributed by atoms with Crippen molar-refractivity contribution in [2.75, 3.05) is 0 Å². The summed E-state index contributed by atoms with van der Waals surface area (Å²) in [6, 6.07) is 0. The first-order valence-electron chi connectivity index (χ1n) is 3.30. The number of nitro groups is 1. The van der Waals surface area contributed by atoms with E-state index in [1.54, 1.807) is 0 Å². The van der Waals surface area contributed by atoms with Crippen molar-refractivity contribution in [2.24, 2.45) is 5.73 Å². The van der Waals surface area contributed by atoms with Gasteiger partial charge in [0.25, 0.3) is 5.70 Å². The van der Waals surface area contributed by atoms with Gasteiger partial charge in [-0.05, 0) is 6.08 Å². The van der Waals surface area contributed by atoms with Gasteiger partial charge in [0.05, 0.1) is 4.92 Å². The van der Waals surface area contributed by atoms with Gasteiger partial charge in [0.1, 0.15) is 12.0 Å². The molecule has 5 nitrogen and oxygen atoms in total. The number of hydrogen-bond acceptors (Lipinski definition) is 4. The van der Waals surface area contributed by atoms with E-state index in [0.29, 0.717) is 6.29 Å². The van der Waals surface area contributed by atoms with Crippen LogP contribution < -0.4 is 5.73 Å². The minimum atomic E-state index is -0.569. The molecule has 0 bridgehead atoms. The van der Waals surface area contributed by atoms with Crippen LogP contribution in [0.1, 0.15) is 13.3 Å². The minimum absolute atomic E-state index is 0.0712. The van der Waals surface area contributed by atoms with Gasteiger partial charge in [0.2, 0.25) is 0 Å². The molecule has 0 aliphatic rings. The summed E-state index contributed by atoms with van der Waals surface area (Å²) in [5.74, 6) is 0. The zero-order chi connectivity index (χ0) is 9.56. The van der Waals surface area contributed by atoms with Crippen LogP contribution in [0.15, 0.2) is 23.5 Å². The Hall–Kier alpha value is -1.65. The Labute approximate surface area is 69.7 Å². The molecule has 0 saturated carbocycles. The maximum absolute atomic E-state index is 10.1. The van der Waals surface area contributed by atoms with Gasteiger partial charge >= 0.3 is 0 Å². The third-order valence-electron chi connectivity index (χ3n) is 1.22. The smallest absolute Gasteiger partial charge is 0.265 e. The van der Waals surface area contributed by atoms with E-state index >= 15 is 0 Å². The van der Waals surface area contributed by atoms with Gasteiger partial charge in [-0.1, -0.05) is 6.08 Å². The Morgan fingerprint density at radius 2 is 2.25 bits per heavy atom. The van der Waals surface area contributed by atoms with Crippen molar-refractivity contribution in [1.29, 1.82) is 0 Å². The molecule has 0 rings (SSSR count). The van der Waals surface area contributed by atoms with Crippen molar-refractivity contribution in [3.05, 3.63) is 33.7 Å². The standard InChI is InChI=1S/C7H10N2O3/c1-6(9(11)12)7(8)4-2-3-5-10/h2,4-5H,3,8H2,1H3/b4-2-,7-6-. The molecule has 0 aliphatic carbocycles. The third kappa shape index (κ3) is 3.50. The number of nitrogens with two attached hydrogens (primary N) is 1. The lowest BCUT2D eigenvalue weighted by molar-refractivity contribution is -0.425. The minimum Gasteiger partial charge on any atom is -0.393 e. The summed E-state index contributed by atoms with van der Waals surface area (Å²) >= 11 is 0. The van der Waals surface area contributed by atoms with Crippen LogP contribution in [-0.2, 0) is 4.79 Å². The summed E-state index contributed by atoms with van der Waals surface area (Å²) in [4.78, 5) is 19.4. The SMILES string of the molecule is C/C(=C(N)\C=C/CC=O)[N+](=O)[O-]. The van der Waals surface area contributed by atoms with E-state index < -0.39 is 4.92 Å². The highest BCUT2D eigenvalue weighted by molar-refractivity contribution is 5.52. The molecule has 0 aromatic rings. The number of hydrogen-bond donors (Lipinski definition) is 1. The molecule has 2 N–H and O–H groups in total. The van der Waals surface area contributed by atoms with Gasteiger partial charge in [-0.25, -0.2) is 0 Å². The van der Waals surface area contributed by atoms with Crippen molar-refractivity contribution >= 4 is 6.29 Å². The van der Waals surface area contributed by atoms with Crippen LogP contribution in [0.25, 0.3) is 0 Å². The van der Waals surface area contributed by atoms with Gasteiger partial charge in [-0.3, -0.25) is 10.1 Å². The lowest BCUT2D eigenvalue weighted by Gasteiger charge is -1.92. The summed E-state index contributed by atoms with van der Waals surface area (Å²) in [7, 11) is 0. The number of aldehydes is 1. The number of carbonyl (C=O) groups is 1. The number of carbonyl (C=O) groups excluding carboxylic acids is 1. The first-order valence-corrected chi connectivity index (χ1v) is 3.30. The van der Waals surface area contributed by atoms with Crippen molar-refractivity contribution in [2.45, 2.75) is 13.3 Å². The molecule has 0 atom stereocenters. The van der Waals surface area contributed by atoms with E-state index in [9.17, 15) is 14.9 Å². The molecule has 0 fully saturated rings. The van der Waals surface area contributed by atoms with Crippen LogP contribution in [0, 0.1) is 10.1 Å². The molecule has 0 saturated heterocycles. The van der Waals surface area contributed by atoms with Crippen LogP contribution in [0.3, 0.4) is 0 Å². The fourth-order valence-corrected chi connectivity index (χ4v) is 0.477. The fraction of sp³-hybridized carbons (Fsp3) is 0.286. The fourth-order valence-electron chi connectivity index (χ4n) is 0.477. The average molecular weight is 170 g/mol. The molecule has 0 aliphatic heterocycles. The Kier molecular flexibility index (Phi) is 4.36. The van der Waals surface area contributed by atoms with Crippen molar-refractivity contribution in [1.82, 2.24) is 0 Å². The predicted molar refractivity (Wildman–Crippen MR) is 43.7 cm³/mol. The Morgan fingerprint density at radius 3 is 2.67 bits per heavy atom. The van der Waals surface area contributed by atoms with Crippen LogP contribution in [0.5, 0.6) is 0 Å². The van der Waals surface area contributed by atoms with E-state index in [1.165, 1.54) is 19.1 Å². The zero-order valence-electron chi connectivity index (χ0n) is 6.69. The number of nitrogens with zero attached hydrogens (tertiary/aromatic N) is 1. The second kappa shape index (κ2) is 5.06. The summed E-state index contributed by atoms with van der Waals surface area (Å²) < 4.78 is 0. The first-order chi connectivity index (χ1) is 5.59. The maximum atomic E-state index is 10.1. The van der Waals surface area contributed by atoms with Gasteiger partial charge < -0.3 is 10.5 Å². The Balaban J connectivity index is 4.35. The highest BCUT2D eigenvalue weighted by Gasteiger charge is 2.05. The molecule has 5 heteroatoms. The molecule has 0 unspecified atom stereocenters. The van der Waals surface area contributed by atoms with Gasteiger partial charge in [0, 0.05) is 13.3 Å². The molecular weight excluding hydrogens is 160 g/mol. The zero-order valence-corrected chi connectivity index (χ0v) is 6.69. The lowest BCUT2D eigenvalue weighted by atomic mass is 10.3. The normalized spacial score (nSPS) is 12.8.